The van der Waals surface area contributed by atoms with Crippen molar-refractivity contribution < 1.29 is 9.21 Å². The van der Waals surface area contributed by atoms with Crippen LogP contribution in [0.1, 0.15) is 26.3 Å². The lowest BCUT2D eigenvalue weighted by Crippen LogP contribution is -2.45. The van der Waals surface area contributed by atoms with Crippen molar-refractivity contribution in [3.63, 3.8) is 0 Å². The normalized spacial score (nSPS) is 11.5. The molecule has 84 valence electrons. The van der Waals surface area contributed by atoms with Crippen LogP contribution in [-0.4, -0.2) is 22.2 Å². The van der Waals surface area contributed by atoms with Crippen molar-refractivity contribution in [2.45, 2.75) is 32.9 Å². The minimum absolute atomic E-state index is 0.00905. The summed E-state index contributed by atoms with van der Waals surface area (Å²) in [6.07, 6.45) is 3.24. The molecule has 0 saturated heterocycles. The van der Waals surface area contributed by atoms with Crippen LogP contribution in [0.25, 0.3) is 0 Å². The molecule has 4 heteroatoms. The number of rotatable bonds is 3. The van der Waals surface area contributed by atoms with Gasteiger partial charge in [-0.2, -0.15) is 0 Å². The first-order valence-electron chi connectivity index (χ1n) is 4.82. The molecule has 0 aliphatic heterocycles. The van der Waals surface area contributed by atoms with Crippen LogP contribution in [-0.2, 0) is 11.3 Å². The summed E-state index contributed by atoms with van der Waals surface area (Å²) in [5, 5.41) is 0. The molecule has 0 aliphatic rings. The Balaban J connectivity index is 2.79. The molecule has 0 saturated carbocycles. The van der Waals surface area contributed by atoms with Crippen molar-refractivity contribution in [1.29, 1.82) is 0 Å². The quantitative estimate of drug-likeness (QED) is 0.747. The van der Waals surface area contributed by atoms with Crippen LogP contribution in [0, 0.1) is 0 Å². The van der Waals surface area contributed by atoms with Crippen molar-refractivity contribution in [2.75, 3.05) is 5.88 Å². The molecule has 0 unspecified atom stereocenters. The summed E-state index contributed by atoms with van der Waals surface area (Å²) in [6.45, 7) is 6.48. The van der Waals surface area contributed by atoms with Gasteiger partial charge in [-0.25, -0.2) is 0 Å². The summed E-state index contributed by atoms with van der Waals surface area (Å²) in [7, 11) is 0. The molecule has 1 aromatic heterocycles. The molecular formula is C11H16ClNO2. The Kier molecular flexibility index (Phi) is 3.80. The van der Waals surface area contributed by atoms with E-state index in [-0.39, 0.29) is 17.3 Å². The van der Waals surface area contributed by atoms with Crippen molar-refractivity contribution in [2.24, 2.45) is 0 Å². The minimum atomic E-state index is -0.233. The van der Waals surface area contributed by atoms with Crippen molar-refractivity contribution in [1.82, 2.24) is 4.90 Å². The third kappa shape index (κ3) is 3.27. The van der Waals surface area contributed by atoms with Gasteiger partial charge in [0.25, 0.3) is 0 Å². The Labute approximate surface area is 95.0 Å². The van der Waals surface area contributed by atoms with E-state index in [0.717, 1.165) is 5.56 Å². The molecule has 0 spiro atoms. The number of furan rings is 1. The van der Waals surface area contributed by atoms with Gasteiger partial charge in [0, 0.05) is 17.6 Å². The van der Waals surface area contributed by atoms with E-state index in [1.165, 1.54) is 0 Å². The van der Waals surface area contributed by atoms with Crippen LogP contribution in [0.3, 0.4) is 0 Å². The van der Waals surface area contributed by atoms with Crippen LogP contribution >= 0.6 is 11.6 Å². The Hall–Kier alpha value is -0.960. The van der Waals surface area contributed by atoms with E-state index in [1.54, 1.807) is 17.4 Å². The zero-order chi connectivity index (χ0) is 11.5. The van der Waals surface area contributed by atoms with Gasteiger partial charge in [-0.3, -0.25) is 4.79 Å². The predicted octanol–water partition coefficient (Wildman–Crippen LogP) is 2.65. The highest BCUT2D eigenvalue weighted by atomic mass is 35.5. The largest absolute Gasteiger partial charge is 0.472 e. The molecule has 0 atom stereocenters. The van der Waals surface area contributed by atoms with Gasteiger partial charge in [-0.05, 0) is 26.8 Å². The lowest BCUT2D eigenvalue weighted by Gasteiger charge is -2.35. The first-order chi connectivity index (χ1) is 6.95. The van der Waals surface area contributed by atoms with Gasteiger partial charge < -0.3 is 9.32 Å². The molecule has 15 heavy (non-hydrogen) atoms. The highest BCUT2D eigenvalue weighted by molar-refractivity contribution is 6.27. The van der Waals surface area contributed by atoms with Crippen molar-refractivity contribution in [3.8, 4) is 0 Å². The predicted molar refractivity (Wildman–Crippen MR) is 59.7 cm³/mol. The first kappa shape index (κ1) is 12.1. The van der Waals surface area contributed by atoms with E-state index in [0.29, 0.717) is 6.54 Å². The van der Waals surface area contributed by atoms with E-state index in [9.17, 15) is 4.79 Å². The van der Waals surface area contributed by atoms with Crippen molar-refractivity contribution >= 4 is 17.5 Å². The number of nitrogens with zero attached hydrogens (tertiary/aromatic N) is 1. The maximum absolute atomic E-state index is 11.6. The molecule has 1 amide bonds. The molecule has 0 aromatic carbocycles. The third-order valence-electron chi connectivity index (χ3n) is 2.15. The second-order valence-electron chi connectivity index (χ2n) is 4.42. The number of hydrogen-bond acceptors (Lipinski definition) is 2. The number of carbonyl (C=O) groups is 1. The molecule has 0 N–H and O–H groups in total. The van der Waals surface area contributed by atoms with Crippen molar-refractivity contribution in [3.05, 3.63) is 24.2 Å². The van der Waals surface area contributed by atoms with Gasteiger partial charge in [-0.1, -0.05) is 0 Å². The Bertz CT molecular complexity index is 314. The molecule has 3 nitrogen and oxygen atoms in total. The van der Waals surface area contributed by atoms with Crippen LogP contribution in [0.15, 0.2) is 23.0 Å². The number of halogens is 1. The Morgan fingerprint density at radius 2 is 2.20 bits per heavy atom. The Morgan fingerprint density at radius 1 is 1.53 bits per heavy atom. The summed E-state index contributed by atoms with van der Waals surface area (Å²) < 4.78 is 4.97. The summed E-state index contributed by atoms with van der Waals surface area (Å²) in [5.74, 6) is -0.0554. The van der Waals surface area contributed by atoms with E-state index in [4.69, 9.17) is 16.0 Å². The maximum atomic E-state index is 11.6. The number of hydrogen-bond donors (Lipinski definition) is 0. The smallest absolute Gasteiger partial charge is 0.238 e. The Morgan fingerprint density at radius 3 is 2.60 bits per heavy atom. The maximum Gasteiger partial charge on any atom is 0.238 e. The van der Waals surface area contributed by atoms with Gasteiger partial charge in [0.1, 0.15) is 5.88 Å². The monoisotopic (exact) mass is 229 g/mol. The van der Waals surface area contributed by atoms with Crippen LogP contribution in [0.4, 0.5) is 0 Å². The van der Waals surface area contributed by atoms with Crippen LogP contribution in [0.2, 0.25) is 0 Å². The lowest BCUT2D eigenvalue weighted by molar-refractivity contribution is -0.133. The molecule has 0 fully saturated rings. The van der Waals surface area contributed by atoms with Gasteiger partial charge >= 0.3 is 0 Å². The number of amides is 1. The zero-order valence-corrected chi connectivity index (χ0v) is 10.0. The molecular weight excluding hydrogens is 214 g/mol. The van der Waals surface area contributed by atoms with Gasteiger partial charge in [0.15, 0.2) is 0 Å². The van der Waals surface area contributed by atoms with E-state index in [2.05, 4.69) is 0 Å². The average Bonchev–Trinajstić information content (AvgIpc) is 2.63. The molecule has 1 heterocycles. The fraction of sp³-hybridized carbons (Fsp3) is 0.545. The number of carbonyl (C=O) groups excluding carboxylic acids is 1. The highest BCUT2D eigenvalue weighted by Gasteiger charge is 2.25. The van der Waals surface area contributed by atoms with Gasteiger partial charge in [-0.15, -0.1) is 11.6 Å². The fourth-order valence-corrected chi connectivity index (χ4v) is 1.48. The van der Waals surface area contributed by atoms with Crippen LogP contribution in [0.5, 0.6) is 0 Å². The second kappa shape index (κ2) is 4.71. The number of alkyl halides is 1. The lowest BCUT2D eigenvalue weighted by atomic mass is 10.1. The molecule has 1 rings (SSSR count). The standard InChI is InChI=1S/C11H16ClNO2/c1-11(2,3)13(10(14)6-12)7-9-4-5-15-8-9/h4-5,8H,6-7H2,1-3H3. The summed E-state index contributed by atoms with van der Waals surface area (Å²) in [6, 6.07) is 1.85. The minimum Gasteiger partial charge on any atom is -0.472 e. The molecule has 0 aliphatic carbocycles. The highest BCUT2D eigenvalue weighted by Crippen LogP contribution is 2.18. The summed E-state index contributed by atoms with van der Waals surface area (Å²) in [5.41, 5.74) is 0.742. The SMILES string of the molecule is CC(C)(C)N(Cc1ccoc1)C(=O)CCl. The summed E-state index contributed by atoms with van der Waals surface area (Å²) >= 11 is 5.58. The second-order valence-corrected chi connectivity index (χ2v) is 4.68. The molecule has 1 aromatic rings. The molecule has 0 radical (unpaired) electrons. The van der Waals surface area contributed by atoms with Crippen LogP contribution < -0.4 is 0 Å². The third-order valence-corrected chi connectivity index (χ3v) is 2.37. The average molecular weight is 230 g/mol. The van der Waals surface area contributed by atoms with Gasteiger partial charge in [0.05, 0.1) is 12.5 Å². The first-order valence-corrected chi connectivity index (χ1v) is 5.36. The van der Waals surface area contributed by atoms with E-state index >= 15 is 0 Å². The van der Waals surface area contributed by atoms with E-state index < -0.39 is 0 Å². The van der Waals surface area contributed by atoms with E-state index in [1.807, 2.05) is 26.8 Å². The fourth-order valence-electron chi connectivity index (χ4n) is 1.34. The summed E-state index contributed by atoms with van der Waals surface area (Å²) in [4.78, 5) is 13.4. The zero-order valence-electron chi connectivity index (χ0n) is 9.29. The molecule has 0 bridgehead atoms. The van der Waals surface area contributed by atoms with Gasteiger partial charge in [0.2, 0.25) is 5.91 Å². The topological polar surface area (TPSA) is 33.5 Å².